The van der Waals surface area contributed by atoms with Gasteiger partial charge in [-0.3, -0.25) is 4.79 Å². The number of hydrogen-bond acceptors (Lipinski definition) is 5. The number of aromatic nitrogens is 1. The lowest BCUT2D eigenvalue weighted by atomic mass is 9.75. The van der Waals surface area contributed by atoms with E-state index in [9.17, 15) is 4.79 Å². The zero-order valence-corrected chi connectivity index (χ0v) is 17.3. The Labute approximate surface area is 173 Å². The highest BCUT2D eigenvalue weighted by Crippen LogP contribution is 2.47. The van der Waals surface area contributed by atoms with Gasteiger partial charge in [0.1, 0.15) is 10.8 Å². The van der Waals surface area contributed by atoms with Gasteiger partial charge in [0.15, 0.2) is 5.78 Å². The maximum atomic E-state index is 13.0. The fourth-order valence-corrected chi connectivity index (χ4v) is 5.48. The van der Waals surface area contributed by atoms with Crippen molar-refractivity contribution in [2.24, 2.45) is 0 Å². The van der Waals surface area contributed by atoms with E-state index in [0.717, 1.165) is 61.9 Å². The molecule has 1 unspecified atom stereocenters. The van der Waals surface area contributed by atoms with Crippen molar-refractivity contribution in [3.8, 4) is 5.75 Å². The molecule has 0 bridgehead atoms. The third-order valence-corrected chi connectivity index (χ3v) is 6.82. The Bertz CT molecular complexity index is 1140. The molecule has 29 heavy (non-hydrogen) atoms. The normalized spacial score (nSPS) is 19.4. The second-order valence-electron chi connectivity index (χ2n) is 7.53. The van der Waals surface area contributed by atoms with Crippen molar-refractivity contribution in [1.29, 1.82) is 0 Å². The number of ether oxygens (including phenoxy) is 1. The van der Waals surface area contributed by atoms with Crippen LogP contribution in [0.15, 0.2) is 65.5 Å². The van der Waals surface area contributed by atoms with Crippen molar-refractivity contribution in [1.82, 2.24) is 10.3 Å². The molecule has 0 saturated heterocycles. The molecule has 0 radical (unpaired) electrons. The molecule has 0 amide bonds. The summed E-state index contributed by atoms with van der Waals surface area (Å²) in [7, 11) is 1.67. The van der Waals surface area contributed by atoms with E-state index < -0.39 is 0 Å². The third kappa shape index (κ3) is 3.06. The number of para-hydroxylation sites is 1. The van der Waals surface area contributed by atoms with Crippen LogP contribution in [0.3, 0.4) is 0 Å². The van der Waals surface area contributed by atoms with E-state index >= 15 is 0 Å². The summed E-state index contributed by atoms with van der Waals surface area (Å²) < 4.78 is 6.50. The van der Waals surface area contributed by atoms with Crippen LogP contribution in [-0.2, 0) is 4.79 Å². The number of thiazole rings is 1. The van der Waals surface area contributed by atoms with Gasteiger partial charge in [0.05, 0.1) is 17.3 Å². The summed E-state index contributed by atoms with van der Waals surface area (Å²) in [5.41, 5.74) is 6.26. The Morgan fingerprint density at radius 3 is 2.62 bits per heavy atom. The lowest BCUT2D eigenvalue weighted by Crippen LogP contribution is -2.31. The largest absolute Gasteiger partial charge is 0.497 e. The van der Waals surface area contributed by atoms with Gasteiger partial charge in [-0.25, -0.2) is 4.98 Å². The van der Waals surface area contributed by atoms with E-state index in [0.29, 0.717) is 6.42 Å². The first-order valence-corrected chi connectivity index (χ1v) is 10.7. The number of fused-ring (bicyclic) bond motifs is 1. The first kappa shape index (κ1) is 18.1. The lowest BCUT2D eigenvalue weighted by molar-refractivity contribution is -0.116. The molecule has 4 nitrogen and oxygen atoms in total. The highest BCUT2D eigenvalue weighted by molar-refractivity contribution is 7.19. The molecule has 1 aliphatic carbocycles. The fraction of sp³-hybridized carbons (Fsp3) is 0.250. The fourth-order valence-electron chi connectivity index (χ4n) is 4.38. The number of nitrogens with one attached hydrogen (secondary N) is 1. The molecule has 0 fully saturated rings. The molecule has 3 aromatic rings. The number of ketones is 1. The Balaban J connectivity index is 1.71. The van der Waals surface area contributed by atoms with Gasteiger partial charge in [-0.05, 0) is 49.6 Å². The average Bonchev–Trinajstić information content (AvgIpc) is 3.16. The highest BCUT2D eigenvalue weighted by atomic mass is 32.1. The van der Waals surface area contributed by atoms with Crippen LogP contribution < -0.4 is 10.1 Å². The third-order valence-electron chi connectivity index (χ3n) is 5.75. The number of nitrogens with zero attached hydrogens (tertiary/aromatic N) is 1. The SMILES string of the molecule is COc1ccc(C2C3=C(CCCC3=O)NC(C)=C2c2nc3ccccc3s2)cc1. The van der Waals surface area contributed by atoms with E-state index in [2.05, 4.69) is 30.4 Å². The summed E-state index contributed by atoms with van der Waals surface area (Å²) >= 11 is 1.69. The van der Waals surface area contributed by atoms with E-state index in [4.69, 9.17) is 9.72 Å². The van der Waals surface area contributed by atoms with Crippen LogP contribution in [-0.4, -0.2) is 17.9 Å². The molecular formula is C24H22N2O2S. The number of carbonyl (C=O) groups is 1. The number of rotatable bonds is 3. The minimum absolute atomic E-state index is 0.106. The van der Waals surface area contributed by atoms with Crippen molar-refractivity contribution < 1.29 is 9.53 Å². The molecule has 0 saturated carbocycles. The zero-order valence-electron chi connectivity index (χ0n) is 16.5. The standard InChI is InChI=1S/C24H22N2O2S/c1-14-21(24-26-17-6-3-4-9-20(17)29-24)22(15-10-12-16(28-2)13-11-15)23-18(25-14)7-5-8-19(23)27/h3-4,6,9-13,22,25H,5,7-8H2,1-2H3. The first-order chi connectivity index (χ1) is 14.2. The summed E-state index contributed by atoms with van der Waals surface area (Å²) in [6.45, 7) is 2.10. The summed E-state index contributed by atoms with van der Waals surface area (Å²) in [4.78, 5) is 17.9. The topological polar surface area (TPSA) is 51.2 Å². The van der Waals surface area contributed by atoms with Crippen LogP contribution in [0.25, 0.3) is 15.8 Å². The van der Waals surface area contributed by atoms with Gasteiger partial charge in [0.2, 0.25) is 0 Å². The van der Waals surface area contributed by atoms with Crippen molar-refractivity contribution in [3.05, 3.63) is 76.1 Å². The number of dihydropyridines is 1. The number of Topliss-reactive ketones (excluding diaryl/α,β-unsaturated/α-hetero) is 1. The summed E-state index contributed by atoms with van der Waals surface area (Å²) in [5.74, 6) is 0.949. The van der Waals surface area contributed by atoms with Crippen LogP contribution >= 0.6 is 11.3 Å². The molecule has 2 heterocycles. The van der Waals surface area contributed by atoms with Gasteiger partial charge in [-0.1, -0.05) is 24.3 Å². The second kappa shape index (κ2) is 7.16. The Kier molecular flexibility index (Phi) is 4.47. The van der Waals surface area contributed by atoms with Crippen LogP contribution in [0, 0.1) is 0 Å². The van der Waals surface area contributed by atoms with Gasteiger partial charge in [0.25, 0.3) is 0 Å². The van der Waals surface area contributed by atoms with E-state index in [1.807, 2.05) is 30.3 Å². The molecule has 2 aromatic carbocycles. The van der Waals surface area contributed by atoms with Crippen molar-refractivity contribution in [3.63, 3.8) is 0 Å². The molecule has 0 spiro atoms. The highest BCUT2D eigenvalue weighted by Gasteiger charge is 2.37. The number of hydrogen-bond donors (Lipinski definition) is 1. The maximum absolute atomic E-state index is 13.0. The quantitative estimate of drug-likeness (QED) is 0.635. The number of methoxy groups -OCH3 is 1. The van der Waals surface area contributed by atoms with Gasteiger partial charge in [-0.15, -0.1) is 11.3 Å². The Morgan fingerprint density at radius 1 is 1.07 bits per heavy atom. The van der Waals surface area contributed by atoms with Crippen LogP contribution in [0.4, 0.5) is 0 Å². The van der Waals surface area contributed by atoms with E-state index in [1.54, 1.807) is 18.4 Å². The predicted octanol–water partition coefficient (Wildman–Crippen LogP) is 5.43. The smallest absolute Gasteiger partial charge is 0.161 e. The molecule has 146 valence electrons. The van der Waals surface area contributed by atoms with Gasteiger partial charge < -0.3 is 10.1 Å². The van der Waals surface area contributed by atoms with Crippen LogP contribution in [0.1, 0.15) is 42.7 Å². The number of carbonyl (C=O) groups excluding carboxylic acids is 1. The molecule has 1 N–H and O–H groups in total. The summed E-state index contributed by atoms with van der Waals surface area (Å²) in [6.07, 6.45) is 2.43. The van der Waals surface area contributed by atoms with Crippen molar-refractivity contribution in [2.75, 3.05) is 7.11 Å². The molecule has 2 aliphatic rings. The predicted molar refractivity (Wildman–Crippen MR) is 117 cm³/mol. The summed E-state index contributed by atoms with van der Waals surface area (Å²) in [5, 5.41) is 4.52. The van der Waals surface area contributed by atoms with E-state index in [-0.39, 0.29) is 11.7 Å². The Hall–Kier alpha value is -2.92. The lowest BCUT2D eigenvalue weighted by Gasteiger charge is -2.34. The molecule has 5 heteroatoms. The molecule has 5 rings (SSSR count). The minimum atomic E-state index is -0.106. The van der Waals surface area contributed by atoms with Gasteiger partial charge in [0, 0.05) is 34.9 Å². The summed E-state index contributed by atoms with van der Waals surface area (Å²) in [6, 6.07) is 16.3. The second-order valence-corrected chi connectivity index (χ2v) is 8.56. The number of benzene rings is 2. The molecule has 1 aromatic heterocycles. The first-order valence-electron chi connectivity index (χ1n) is 9.89. The number of allylic oxidation sites excluding steroid dienone is 4. The molecule has 1 aliphatic heterocycles. The van der Waals surface area contributed by atoms with Gasteiger partial charge in [-0.2, -0.15) is 0 Å². The van der Waals surface area contributed by atoms with Crippen LogP contribution in [0.5, 0.6) is 5.75 Å². The average molecular weight is 403 g/mol. The monoisotopic (exact) mass is 402 g/mol. The van der Waals surface area contributed by atoms with Crippen molar-refractivity contribution >= 4 is 32.9 Å². The zero-order chi connectivity index (χ0) is 20.0. The van der Waals surface area contributed by atoms with Crippen LogP contribution in [0.2, 0.25) is 0 Å². The molecular weight excluding hydrogens is 380 g/mol. The van der Waals surface area contributed by atoms with E-state index in [1.165, 1.54) is 0 Å². The maximum Gasteiger partial charge on any atom is 0.161 e. The minimum Gasteiger partial charge on any atom is -0.497 e. The Morgan fingerprint density at radius 2 is 1.86 bits per heavy atom. The van der Waals surface area contributed by atoms with Crippen molar-refractivity contribution in [2.45, 2.75) is 32.1 Å². The molecule has 1 atom stereocenters. The van der Waals surface area contributed by atoms with Gasteiger partial charge >= 0.3 is 0 Å².